The lowest BCUT2D eigenvalue weighted by molar-refractivity contribution is -0.175. The summed E-state index contributed by atoms with van der Waals surface area (Å²) in [4.78, 5) is 23.4. The molecule has 0 aliphatic rings. The van der Waals surface area contributed by atoms with Gasteiger partial charge in [-0.3, -0.25) is 0 Å². The van der Waals surface area contributed by atoms with Crippen LogP contribution in [0, 0.1) is 0 Å². The maximum absolute atomic E-state index is 12.3. The predicted octanol–water partition coefficient (Wildman–Crippen LogP) is 3.90. The van der Waals surface area contributed by atoms with Crippen molar-refractivity contribution in [2.24, 2.45) is 0 Å². The Morgan fingerprint density at radius 3 is 2.34 bits per heavy atom. The highest BCUT2D eigenvalue weighted by Crippen LogP contribution is 2.16. The molecule has 0 unspecified atom stereocenters. The summed E-state index contributed by atoms with van der Waals surface area (Å²) in [6.45, 7) is -0.0549. The van der Waals surface area contributed by atoms with E-state index in [4.69, 9.17) is 14.6 Å². The number of carbonyl (C=O) groups is 2. The molecule has 0 bridgehead atoms. The Morgan fingerprint density at radius 2 is 1.59 bits per heavy atom. The van der Waals surface area contributed by atoms with Crippen LogP contribution in [0.5, 0.6) is 0 Å². The van der Waals surface area contributed by atoms with Crippen molar-refractivity contribution >= 4 is 22.7 Å². The number of carboxylic acid groups (broad SMARTS) is 1. The number of fused-ring (bicyclic) bond motifs is 1. The third-order valence-electron chi connectivity index (χ3n) is 4.95. The van der Waals surface area contributed by atoms with Gasteiger partial charge < -0.3 is 19.7 Å². The van der Waals surface area contributed by atoms with E-state index in [0.717, 1.165) is 18.4 Å². The zero-order valence-electron chi connectivity index (χ0n) is 17.6. The number of aliphatic hydroxyl groups is 1. The van der Waals surface area contributed by atoms with Crippen LogP contribution in [0.25, 0.3) is 10.8 Å². The quantitative estimate of drug-likeness (QED) is 0.351. The van der Waals surface area contributed by atoms with Gasteiger partial charge in [-0.1, -0.05) is 84.9 Å². The van der Waals surface area contributed by atoms with Gasteiger partial charge in [0.05, 0.1) is 6.61 Å². The maximum Gasteiger partial charge on any atom is 0.338 e. The minimum absolute atomic E-state index is 0.0207. The summed E-state index contributed by atoms with van der Waals surface area (Å²) in [6, 6.07) is 23.5. The van der Waals surface area contributed by atoms with Crippen LogP contribution in [0.2, 0.25) is 0 Å². The van der Waals surface area contributed by atoms with Gasteiger partial charge in [-0.25, -0.2) is 9.59 Å². The van der Waals surface area contributed by atoms with Gasteiger partial charge in [0, 0.05) is 0 Å². The molecule has 0 saturated carbocycles. The Kier molecular flexibility index (Phi) is 8.54. The average Bonchev–Trinajstić information content (AvgIpc) is 2.82. The Balaban J connectivity index is 1.48. The molecule has 2 atom stereocenters. The molecule has 3 rings (SSSR count). The normalized spacial score (nSPS) is 13.2. The number of carbonyl (C=O) groups excluding carboxylic acids is 1. The van der Waals surface area contributed by atoms with Crippen molar-refractivity contribution in [3.8, 4) is 0 Å². The van der Waals surface area contributed by atoms with Crippen LogP contribution in [0.3, 0.4) is 0 Å². The maximum atomic E-state index is 12.3. The van der Waals surface area contributed by atoms with Gasteiger partial charge in [-0.2, -0.15) is 0 Å². The number of rotatable bonds is 11. The van der Waals surface area contributed by atoms with E-state index >= 15 is 0 Å². The van der Waals surface area contributed by atoms with E-state index in [1.54, 1.807) is 30.3 Å². The number of carboxylic acids is 1. The molecule has 3 aromatic rings. The molecule has 166 valence electrons. The van der Waals surface area contributed by atoms with Crippen molar-refractivity contribution < 1.29 is 29.3 Å². The fraction of sp³-hybridized carbons (Fsp3) is 0.231. The van der Waals surface area contributed by atoms with Gasteiger partial charge in [0.15, 0.2) is 12.2 Å². The molecule has 32 heavy (non-hydrogen) atoms. The number of allylic oxidation sites excluding steroid dienone is 1. The standard InChI is InChI=1S/C26H26O6/c27-23(25(28)29)24(26(30)32-18-20-10-3-1-4-11-20)31-16-8-2-5-9-19-14-15-21-12-6-7-13-22(21)17-19/h1-4,6-8,10-15,17,23-24,27H,5,9,16,18H2,(H,28,29)/t23-,24-/m1/s1. The van der Waals surface area contributed by atoms with E-state index in [9.17, 15) is 14.7 Å². The monoisotopic (exact) mass is 434 g/mol. The molecule has 6 nitrogen and oxygen atoms in total. The summed E-state index contributed by atoms with van der Waals surface area (Å²) < 4.78 is 10.5. The Morgan fingerprint density at radius 1 is 0.875 bits per heavy atom. The van der Waals surface area contributed by atoms with E-state index in [-0.39, 0.29) is 13.2 Å². The topological polar surface area (TPSA) is 93.1 Å². The molecule has 0 heterocycles. The molecule has 0 fully saturated rings. The van der Waals surface area contributed by atoms with Crippen molar-refractivity contribution in [2.75, 3.05) is 6.61 Å². The number of aliphatic carboxylic acids is 1. The van der Waals surface area contributed by atoms with Crippen LogP contribution >= 0.6 is 0 Å². The van der Waals surface area contributed by atoms with E-state index in [1.165, 1.54) is 16.3 Å². The fourth-order valence-electron chi connectivity index (χ4n) is 3.22. The molecule has 0 amide bonds. The molecule has 0 saturated heterocycles. The molecule has 0 radical (unpaired) electrons. The number of aryl methyl sites for hydroxylation is 1. The van der Waals surface area contributed by atoms with Crippen molar-refractivity contribution in [3.63, 3.8) is 0 Å². The van der Waals surface area contributed by atoms with Crippen molar-refractivity contribution in [3.05, 3.63) is 96.1 Å². The Bertz CT molecular complexity index is 1060. The van der Waals surface area contributed by atoms with Gasteiger partial charge in [0.25, 0.3) is 0 Å². The molecular formula is C26H26O6. The highest BCUT2D eigenvalue weighted by atomic mass is 16.6. The largest absolute Gasteiger partial charge is 0.479 e. The SMILES string of the molecule is O=C(O)[C@H](O)[C@@H](OCC=CCCc1ccc2ccccc2c1)C(=O)OCc1ccccc1. The number of hydrogen-bond acceptors (Lipinski definition) is 5. The number of esters is 1. The molecule has 6 heteroatoms. The fourth-order valence-corrected chi connectivity index (χ4v) is 3.22. The molecule has 0 aromatic heterocycles. The number of benzene rings is 3. The van der Waals surface area contributed by atoms with Crippen molar-refractivity contribution in [2.45, 2.75) is 31.7 Å². The first-order chi connectivity index (χ1) is 15.5. The van der Waals surface area contributed by atoms with Gasteiger partial charge in [0.2, 0.25) is 0 Å². The smallest absolute Gasteiger partial charge is 0.338 e. The summed E-state index contributed by atoms with van der Waals surface area (Å²) in [5.74, 6) is -2.47. The number of hydrogen-bond donors (Lipinski definition) is 2. The van der Waals surface area contributed by atoms with Crippen LogP contribution in [0.1, 0.15) is 17.5 Å². The average molecular weight is 434 g/mol. The van der Waals surface area contributed by atoms with Gasteiger partial charge in [-0.15, -0.1) is 0 Å². The third-order valence-corrected chi connectivity index (χ3v) is 4.95. The van der Waals surface area contributed by atoms with E-state index in [1.807, 2.05) is 24.3 Å². The van der Waals surface area contributed by atoms with Crippen LogP contribution in [-0.2, 0) is 32.1 Å². The van der Waals surface area contributed by atoms with Crippen molar-refractivity contribution in [1.29, 1.82) is 0 Å². The summed E-state index contributed by atoms with van der Waals surface area (Å²) >= 11 is 0. The van der Waals surface area contributed by atoms with Crippen LogP contribution < -0.4 is 0 Å². The summed E-state index contributed by atoms with van der Waals surface area (Å²) in [5, 5.41) is 21.3. The molecule has 0 aliphatic heterocycles. The second-order valence-corrected chi connectivity index (χ2v) is 7.32. The summed E-state index contributed by atoms with van der Waals surface area (Å²) in [6.07, 6.45) is 1.57. The molecule has 0 spiro atoms. The lowest BCUT2D eigenvalue weighted by Crippen LogP contribution is -2.42. The van der Waals surface area contributed by atoms with Gasteiger partial charge >= 0.3 is 11.9 Å². The first kappa shape index (κ1) is 23.2. The Labute approximate surface area is 186 Å². The van der Waals surface area contributed by atoms with Gasteiger partial charge in [0.1, 0.15) is 6.61 Å². The van der Waals surface area contributed by atoms with Crippen molar-refractivity contribution in [1.82, 2.24) is 0 Å². The van der Waals surface area contributed by atoms with E-state index in [2.05, 4.69) is 30.3 Å². The Hall–Kier alpha value is -3.48. The summed E-state index contributed by atoms with van der Waals surface area (Å²) in [5.41, 5.74) is 1.95. The van der Waals surface area contributed by atoms with Crippen LogP contribution in [-0.4, -0.2) is 41.0 Å². The second-order valence-electron chi connectivity index (χ2n) is 7.32. The minimum Gasteiger partial charge on any atom is -0.479 e. The lowest BCUT2D eigenvalue weighted by atomic mass is 10.0. The molecule has 3 aromatic carbocycles. The molecular weight excluding hydrogens is 408 g/mol. The second kappa shape index (κ2) is 11.8. The van der Waals surface area contributed by atoms with E-state index in [0.29, 0.717) is 0 Å². The minimum atomic E-state index is -2.01. The molecule has 0 aliphatic carbocycles. The zero-order valence-corrected chi connectivity index (χ0v) is 17.6. The first-order valence-corrected chi connectivity index (χ1v) is 10.4. The number of ether oxygens (including phenoxy) is 2. The summed E-state index contributed by atoms with van der Waals surface area (Å²) in [7, 11) is 0. The predicted molar refractivity (Wildman–Crippen MR) is 121 cm³/mol. The van der Waals surface area contributed by atoms with E-state index < -0.39 is 24.1 Å². The van der Waals surface area contributed by atoms with Crippen LogP contribution in [0.15, 0.2) is 84.9 Å². The highest BCUT2D eigenvalue weighted by Gasteiger charge is 2.34. The van der Waals surface area contributed by atoms with Crippen LogP contribution in [0.4, 0.5) is 0 Å². The first-order valence-electron chi connectivity index (χ1n) is 10.4. The highest BCUT2D eigenvalue weighted by molar-refractivity contribution is 5.84. The molecule has 2 N–H and O–H groups in total. The lowest BCUT2D eigenvalue weighted by Gasteiger charge is -2.18. The number of aliphatic hydroxyl groups excluding tert-OH is 1. The third kappa shape index (κ3) is 6.77. The van der Waals surface area contributed by atoms with Gasteiger partial charge in [-0.05, 0) is 34.7 Å². The zero-order chi connectivity index (χ0) is 22.8.